The molecule has 0 spiro atoms. The van der Waals surface area contributed by atoms with Gasteiger partial charge in [-0.05, 0) is 38.0 Å². The summed E-state index contributed by atoms with van der Waals surface area (Å²) in [4.78, 5) is 25.7. The van der Waals surface area contributed by atoms with E-state index in [4.69, 9.17) is 5.73 Å². The maximum atomic E-state index is 12.6. The van der Waals surface area contributed by atoms with Crippen molar-refractivity contribution in [3.63, 3.8) is 0 Å². The van der Waals surface area contributed by atoms with E-state index in [-0.39, 0.29) is 29.1 Å². The number of piperidine rings is 1. The molecular weight excluding hydrogens is 252 g/mol. The topological polar surface area (TPSA) is 63.4 Å². The van der Waals surface area contributed by atoms with Crippen LogP contribution >= 0.6 is 0 Å². The lowest BCUT2D eigenvalue weighted by Crippen LogP contribution is -2.43. The van der Waals surface area contributed by atoms with E-state index in [0.29, 0.717) is 31.8 Å². The molecule has 2 amide bonds. The molecule has 1 aliphatic heterocycles. The SMILES string of the molecule is CC(C)=C[C@H]1[C@@H](C(=O)N2CCC(C(N)=O)CC2)C1(C)C. The quantitative estimate of drug-likeness (QED) is 0.802. The van der Waals surface area contributed by atoms with Gasteiger partial charge in [0.1, 0.15) is 0 Å². The number of nitrogens with zero attached hydrogens (tertiary/aromatic N) is 1. The van der Waals surface area contributed by atoms with Crippen molar-refractivity contribution in [2.24, 2.45) is 28.9 Å². The maximum absolute atomic E-state index is 12.6. The van der Waals surface area contributed by atoms with Crippen molar-refractivity contribution < 1.29 is 9.59 Å². The smallest absolute Gasteiger partial charge is 0.226 e. The summed E-state index contributed by atoms with van der Waals surface area (Å²) in [6.07, 6.45) is 3.64. The first-order valence-corrected chi connectivity index (χ1v) is 7.48. The van der Waals surface area contributed by atoms with Crippen LogP contribution in [0.4, 0.5) is 0 Å². The van der Waals surface area contributed by atoms with Crippen molar-refractivity contribution in [2.75, 3.05) is 13.1 Å². The molecule has 4 heteroatoms. The van der Waals surface area contributed by atoms with Gasteiger partial charge in [-0.15, -0.1) is 0 Å². The van der Waals surface area contributed by atoms with Crippen LogP contribution in [0.2, 0.25) is 0 Å². The second-order valence-electron chi connectivity index (χ2n) is 7.07. The van der Waals surface area contributed by atoms with Crippen LogP contribution in [-0.2, 0) is 9.59 Å². The first-order chi connectivity index (χ1) is 9.25. The molecule has 0 aromatic heterocycles. The van der Waals surface area contributed by atoms with E-state index in [1.54, 1.807) is 0 Å². The molecule has 2 N–H and O–H groups in total. The number of amides is 2. The van der Waals surface area contributed by atoms with Crippen LogP contribution < -0.4 is 5.73 Å². The minimum absolute atomic E-state index is 0.0557. The number of hydrogen-bond donors (Lipinski definition) is 1. The summed E-state index contributed by atoms with van der Waals surface area (Å²) < 4.78 is 0. The fourth-order valence-corrected chi connectivity index (χ4v) is 3.40. The largest absolute Gasteiger partial charge is 0.369 e. The summed E-state index contributed by atoms with van der Waals surface area (Å²) in [6, 6.07) is 0. The summed E-state index contributed by atoms with van der Waals surface area (Å²) >= 11 is 0. The molecule has 1 aliphatic carbocycles. The van der Waals surface area contributed by atoms with Gasteiger partial charge < -0.3 is 10.6 Å². The first kappa shape index (κ1) is 15.1. The average molecular weight is 278 g/mol. The Morgan fingerprint density at radius 2 is 1.75 bits per heavy atom. The Morgan fingerprint density at radius 1 is 1.20 bits per heavy atom. The number of primary amides is 1. The molecule has 4 nitrogen and oxygen atoms in total. The van der Waals surface area contributed by atoms with E-state index in [1.807, 2.05) is 4.90 Å². The van der Waals surface area contributed by atoms with Crippen molar-refractivity contribution in [1.29, 1.82) is 0 Å². The minimum Gasteiger partial charge on any atom is -0.369 e. The molecule has 20 heavy (non-hydrogen) atoms. The van der Waals surface area contributed by atoms with E-state index in [1.165, 1.54) is 5.57 Å². The molecule has 2 fully saturated rings. The van der Waals surface area contributed by atoms with Gasteiger partial charge in [0.25, 0.3) is 0 Å². The molecule has 0 bridgehead atoms. The predicted molar refractivity (Wildman–Crippen MR) is 78.7 cm³/mol. The summed E-state index contributed by atoms with van der Waals surface area (Å²) in [5, 5.41) is 0. The number of rotatable bonds is 3. The van der Waals surface area contributed by atoms with Crippen molar-refractivity contribution >= 4 is 11.8 Å². The van der Waals surface area contributed by atoms with Gasteiger partial charge in [0.05, 0.1) is 5.92 Å². The van der Waals surface area contributed by atoms with Gasteiger partial charge >= 0.3 is 0 Å². The van der Waals surface area contributed by atoms with Gasteiger partial charge in [-0.2, -0.15) is 0 Å². The third-order valence-electron chi connectivity index (χ3n) is 4.90. The van der Waals surface area contributed by atoms with Crippen LogP contribution in [0.25, 0.3) is 0 Å². The third-order valence-corrected chi connectivity index (χ3v) is 4.90. The van der Waals surface area contributed by atoms with Crippen LogP contribution in [0, 0.1) is 23.2 Å². The Morgan fingerprint density at radius 3 is 2.20 bits per heavy atom. The zero-order valence-corrected chi connectivity index (χ0v) is 13.0. The Hall–Kier alpha value is -1.32. The molecule has 2 atom stereocenters. The van der Waals surface area contributed by atoms with Gasteiger partial charge in [-0.3, -0.25) is 9.59 Å². The van der Waals surface area contributed by atoms with E-state index in [2.05, 4.69) is 33.8 Å². The number of nitrogens with two attached hydrogens (primary N) is 1. The van der Waals surface area contributed by atoms with Gasteiger partial charge in [0.2, 0.25) is 11.8 Å². The number of carbonyl (C=O) groups is 2. The van der Waals surface area contributed by atoms with Gasteiger partial charge in [-0.25, -0.2) is 0 Å². The van der Waals surface area contributed by atoms with Crippen LogP contribution in [0.1, 0.15) is 40.5 Å². The second kappa shape index (κ2) is 5.23. The Balaban J connectivity index is 1.97. The molecule has 1 saturated heterocycles. The first-order valence-electron chi connectivity index (χ1n) is 7.48. The van der Waals surface area contributed by atoms with E-state index < -0.39 is 0 Å². The van der Waals surface area contributed by atoms with Crippen molar-refractivity contribution in [1.82, 2.24) is 4.90 Å². The van der Waals surface area contributed by atoms with Crippen molar-refractivity contribution in [2.45, 2.75) is 40.5 Å². The zero-order chi connectivity index (χ0) is 15.1. The summed E-state index contributed by atoms with van der Waals surface area (Å²) in [6.45, 7) is 9.81. The minimum atomic E-state index is -0.230. The fourth-order valence-electron chi connectivity index (χ4n) is 3.40. The average Bonchev–Trinajstić information content (AvgIpc) is 2.89. The van der Waals surface area contributed by atoms with Gasteiger partial charge in [0, 0.05) is 19.0 Å². The number of likely N-dealkylation sites (tertiary alicyclic amines) is 1. The highest BCUT2D eigenvalue weighted by molar-refractivity contribution is 5.84. The third kappa shape index (κ3) is 2.74. The summed E-state index contributed by atoms with van der Waals surface area (Å²) in [7, 11) is 0. The Kier molecular flexibility index (Phi) is 3.94. The Labute approximate surface area is 121 Å². The molecule has 0 unspecified atom stereocenters. The van der Waals surface area contributed by atoms with Crippen LogP contribution in [0.15, 0.2) is 11.6 Å². The lowest BCUT2D eigenvalue weighted by Gasteiger charge is -2.31. The van der Waals surface area contributed by atoms with Crippen molar-refractivity contribution in [3.05, 3.63) is 11.6 Å². The van der Waals surface area contributed by atoms with Gasteiger partial charge in [-0.1, -0.05) is 25.5 Å². The van der Waals surface area contributed by atoms with Crippen molar-refractivity contribution in [3.8, 4) is 0 Å². The van der Waals surface area contributed by atoms with E-state index in [0.717, 1.165) is 0 Å². The molecule has 2 rings (SSSR count). The van der Waals surface area contributed by atoms with E-state index in [9.17, 15) is 9.59 Å². The highest BCUT2D eigenvalue weighted by Crippen LogP contribution is 2.60. The standard InChI is InChI=1S/C16H26N2O2/c1-10(2)9-12-13(16(12,3)4)15(20)18-7-5-11(6-8-18)14(17)19/h9,11-13H,5-8H2,1-4H3,(H2,17,19)/t12-,13-/m0/s1. The lowest BCUT2D eigenvalue weighted by molar-refractivity contribution is -0.136. The number of allylic oxidation sites excluding steroid dienone is 2. The lowest BCUT2D eigenvalue weighted by atomic mass is 9.95. The second-order valence-corrected chi connectivity index (χ2v) is 7.07. The monoisotopic (exact) mass is 278 g/mol. The highest BCUT2D eigenvalue weighted by atomic mass is 16.2. The van der Waals surface area contributed by atoms with E-state index >= 15 is 0 Å². The molecule has 112 valence electrons. The molecule has 1 saturated carbocycles. The molecule has 0 aromatic carbocycles. The van der Waals surface area contributed by atoms with Crippen LogP contribution in [0.5, 0.6) is 0 Å². The zero-order valence-electron chi connectivity index (χ0n) is 13.0. The maximum Gasteiger partial charge on any atom is 0.226 e. The normalized spacial score (nSPS) is 28.9. The summed E-state index contributed by atoms with van der Waals surface area (Å²) in [5.41, 5.74) is 6.66. The Bertz CT molecular complexity index is 441. The molecule has 0 radical (unpaired) electrons. The highest BCUT2D eigenvalue weighted by Gasteiger charge is 2.61. The van der Waals surface area contributed by atoms with Crippen LogP contribution in [-0.4, -0.2) is 29.8 Å². The summed E-state index contributed by atoms with van der Waals surface area (Å²) in [5.74, 6) is 0.419. The van der Waals surface area contributed by atoms with Gasteiger partial charge in [0.15, 0.2) is 0 Å². The molecule has 0 aromatic rings. The number of carbonyl (C=O) groups excluding carboxylic acids is 2. The predicted octanol–water partition coefficient (Wildman–Crippen LogP) is 1.95. The molecular formula is C16H26N2O2. The number of hydrogen-bond acceptors (Lipinski definition) is 2. The van der Waals surface area contributed by atoms with Crippen LogP contribution in [0.3, 0.4) is 0 Å². The molecule has 1 heterocycles. The molecule has 2 aliphatic rings. The fraction of sp³-hybridized carbons (Fsp3) is 0.750.